The van der Waals surface area contributed by atoms with Crippen LogP contribution in [0.2, 0.25) is 0 Å². The second kappa shape index (κ2) is 9.36. The number of carbonyl (C=O) groups excluding carboxylic acids is 4. The molecular weight excluding hydrogens is 488 g/mol. The summed E-state index contributed by atoms with van der Waals surface area (Å²) in [6.07, 6.45) is -2.67. The first-order valence-electron chi connectivity index (χ1n) is 12.6. The standard InChI is InChI=1S/C26H36O11/c1-12-23(31)36-20-9-16(11-33-13(2)27)7-8-17(34-14(3)28)24(5)18(35-15(4)29)10-19-25(6,37-19)21(24)22(30)26(12,20)32/h9,12,17-22,30,32H,7-8,10-11H2,1-6H3/b16-9+/t12-,17+,18-,19-,20-,21+,22+,24-,25-,26-/m0/s1. The van der Waals surface area contributed by atoms with Gasteiger partial charge in [0.25, 0.3) is 0 Å². The maximum atomic E-state index is 12.7. The molecule has 3 fully saturated rings. The quantitative estimate of drug-likeness (QED) is 0.234. The Morgan fingerprint density at radius 2 is 1.70 bits per heavy atom. The van der Waals surface area contributed by atoms with Gasteiger partial charge in [0.1, 0.15) is 24.4 Å². The zero-order chi connectivity index (χ0) is 27.5. The van der Waals surface area contributed by atoms with Crippen LogP contribution in [0.25, 0.3) is 0 Å². The topological polar surface area (TPSA) is 158 Å². The van der Waals surface area contributed by atoms with Crippen LogP contribution in [0.15, 0.2) is 11.6 Å². The number of carbonyl (C=O) groups is 4. The van der Waals surface area contributed by atoms with Crippen molar-refractivity contribution in [1.82, 2.24) is 0 Å². The third-order valence-electron chi connectivity index (χ3n) is 8.81. The first kappa shape index (κ1) is 27.5. The van der Waals surface area contributed by atoms with Crippen molar-refractivity contribution in [2.24, 2.45) is 17.3 Å². The van der Waals surface area contributed by atoms with E-state index in [1.165, 1.54) is 33.8 Å². The van der Waals surface area contributed by atoms with Crippen LogP contribution in [-0.4, -0.2) is 82.4 Å². The van der Waals surface area contributed by atoms with Crippen molar-refractivity contribution in [3.63, 3.8) is 0 Å². The van der Waals surface area contributed by atoms with Gasteiger partial charge in [-0.1, -0.05) is 6.92 Å². The Labute approximate surface area is 215 Å². The van der Waals surface area contributed by atoms with Gasteiger partial charge >= 0.3 is 23.9 Å². The van der Waals surface area contributed by atoms with Gasteiger partial charge in [0, 0.05) is 38.5 Å². The molecule has 2 N–H and O–H groups in total. The monoisotopic (exact) mass is 524 g/mol. The predicted molar refractivity (Wildman–Crippen MR) is 125 cm³/mol. The Morgan fingerprint density at radius 3 is 2.30 bits per heavy atom. The number of aliphatic hydroxyl groups is 2. The van der Waals surface area contributed by atoms with Gasteiger partial charge in [-0.3, -0.25) is 19.2 Å². The highest BCUT2D eigenvalue weighted by molar-refractivity contribution is 5.77. The average molecular weight is 525 g/mol. The molecule has 0 aromatic rings. The third-order valence-corrected chi connectivity index (χ3v) is 8.81. The van der Waals surface area contributed by atoms with E-state index in [9.17, 15) is 29.4 Å². The van der Waals surface area contributed by atoms with E-state index in [0.717, 1.165) is 0 Å². The Balaban J connectivity index is 1.91. The maximum absolute atomic E-state index is 12.7. The van der Waals surface area contributed by atoms with Gasteiger partial charge in [0.2, 0.25) is 0 Å². The molecule has 11 heteroatoms. The Kier molecular flexibility index (Phi) is 6.96. The fraction of sp³-hybridized carbons (Fsp3) is 0.769. The zero-order valence-electron chi connectivity index (χ0n) is 22.0. The molecule has 10 atom stereocenters. The second-order valence-corrected chi connectivity index (χ2v) is 11.1. The molecule has 0 spiro atoms. The molecule has 11 nitrogen and oxygen atoms in total. The largest absolute Gasteiger partial charge is 0.462 e. The number of fused-ring (bicyclic) bond motifs is 4. The van der Waals surface area contributed by atoms with Gasteiger partial charge in [-0.25, -0.2) is 0 Å². The van der Waals surface area contributed by atoms with Crippen LogP contribution in [-0.2, 0) is 42.9 Å². The lowest BCUT2D eigenvalue weighted by Gasteiger charge is -2.55. The van der Waals surface area contributed by atoms with E-state index in [4.69, 9.17) is 23.7 Å². The summed E-state index contributed by atoms with van der Waals surface area (Å²) in [5.41, 5.74) is -3.76. The molecule has 37 heavy (non-hydrogen) atoms. The van der Waals surface area contributed by atoms with E-state index in [1.54, 1.807) is 13.8 Å². The normalized spacial score (nSPS) is 46.1. The molecule has 206 valence electrons. The van der Waals surface area contributed by atoms with Crippen molar-refractivity contribution in [3.05, 3.63) is 11.6 Å². The van der Waals surface area contributed by atoms with Crippen molar-refractivity contribution in [3.8, 4) is 0 Å². The number of epoxide rings is 1. The molecule has 4 rings (SSSR count). The Hall–Kier alpha value is -2.50. The number of hydrogen-bond donors (Lipinski definition) is 2. The van der Waals surface area contributed by atoms with Crippen molar-refractivity contribution >= 4 is 23.9 Å². The summed E-state index contributed by atoms with van der Waals surface area (Å²) >= 11 is 0. The van der Waals surface area contributed by atoms with Crippen molar-refractivity contribution in [2.75, 3.05) is 6.61 Å². The van der Waals surface area contributed by atoms with Crippen molar-refractivity contribution in [1.29, 1.82) is 0 Å². The summed E-state index contributed by atoms with van der Waals surface area (Å²) < 4.78 is 28.3. The van der Waals surface area contributed by atoms with Gasteiger partial charge in [-0.15, -0.1) is 0 Å². The van der Waals surface area contributed by atoms with E-state index < -0.39 is 76.7 Å². The van der Waals surface area contributed by atoms with E-state index >= 15 is 0 Å². The molecule has 1 saturated carbocycles. The lowest BCUT2D eigenvalue weighted by molar-refractivity contribution is -0.224. The molecule has 2 aliphatic heterocycles. The lowest BCUT2D eigenvalue weighted by atomic mass is 9.53. The highest BCUT2D eigenvalue weighted by Gasteiger charge is 2.76. The lowest BCUT2D eigenvalue weighted by Crippen LogP contribution is -2.68. The molecule has 2 aliphatic carbocycles. The molecule has 0 unspecified atom stereocenters. The summed E-state index contributed by atoms with van der Waals surface area (Å²) in [5.74, 6) is -4.39. The van der Waals surface area contributed by atoms with E-state index in [-0.39, 0.29) is 25.6 Å². The minimum atomic E-state index is -2.10. The van der Waals surface area contributed by atoms with Crippen LogP contribution in [0.1, 0.15) is 60.8 Å². The van der Waals surface area contributed by atoms with E-state index in [1.807, 2.05) is 0 Å². The number of ether oxygens (including phenoxy) is 5. The first-order chi connectivity index (χ1) is 17.1. The van der Waals surface area contributed by atoms with E-state index in [0.29, 0.717) is 12.0 Å². The second-order valence-electron chi connectivity index (χ2n) is 11.1. The van der Waals surface area contributed by atoms with Crippen molar-refractivity contribution < 1.29 is 53.1 Å². The molecule has 0 radical (unpaired) electrons. The SMILES string of the molecule is CC(=O)OC/C1=C/[C@@H]2OC(=O)[C@H](C)[C@@]2(O)[C@H](O)[C@H]2[C@@]3(C)O[C@H]3C[C@H](OC(C)=O)[C@]2(C)[C@H](OC(C)=O)CC1. The predicted octanol–water partition coefficient (Wildman–Crippen LogP) is 0.970. The highest BCUT2D eigenvalue weighted by Crippen LogP contribution is 2.64. The maximum Gasteiger partial charge on any atom is 0.312 e. The smallest absolute Gasteiger partial charge is 0.312 e. The van der Waals surface area contributed by atoms with Crippen LogP contribution >= 0.6 is 0 Å². The van der Waals surface area contributed by atoms with Crippen LogP contribution in [0.3, 0.4) is 0 Å². The molecule has 2 saturated heterocycles. The van der Waals surface area contributed by atoms with Crippen LogP contribution in [0, 0.1) is 17.3 Å². The number of hydrogen-bond acceptors (Lipinski definition) is 11. The van der Waals surface area contributed by atoms with Crippen LogP contribution in [0.5, 0.6) is 0 Å². The van der Waals surface area contributed by atoms with E-state index in [2.05, 4.69) is 0 Å². The van der Waals surface area contributed by atoms with Gasteiger partial charge < -0.3 is 33.9 Å². The average Bonchev–Trinajstić information content (AvgIpc) is 3.40. The number of esters is 4. The Morgan fingerprint density at radius 1 is 1.08 bits per heavy atom. The number of aliphatic hydroxyl groups excluding tert-OH is 1. The number of rotatable bonds is 4. The van der Waals surface area contributed by atoms with Gasteiger partial charge in [0.15, 0.2) is 6.10 Å². The minimum Gasteiger partial charge on any atom is -0.462 e. The molecule has 0 amide bonds. The molecular formula is C26H36O11. The first-order valence-corrected chi connectivity index (χ1v) is 12.6. The highest BCUT2D eigenvalue weighted by atomic mass is 16.6. The summed E-state index contributed by atoms with van der Waals surface area (Å²) in [5, 5.41) is 24.1. The summed E-state index contributed by atoms with van der Waals surface area (Å²) in [6.45, 7) is 8.66. The summed E-state index contributed by atoms with van der Waals surface area (Å²) in [4.78, 5) is 48.7. The third kappa shape index (κ3) is 4.44. The van der Waals surface area contributed by atoms with Gasteiger partial charge in [0.05, 0.1) is 23.7 Å². The Bertz CT molecular complexity index is 1020. The fourth-order valence-electron chi connectivity index (χ4n) is 6.77. The van der Waals surface area contributed by atoms with Crippen molar-refractivity contribution in [2.45, 2.75) is 103 Å². The van der Waals surface area contributed by atoms with Gasteiger partial charge in [-0.2, -0.15) is 0 Å². The summed E-state index contributed by atoms with van der Waals surface area (Å²) in [7, 11) is 0. The van der Waals surface area contributed by atoms with Gasteiger partial charge in [-0.05, 0) is 38.3 Å². The molecule has 2 heterocycles. The molecule has 0 aromatic heterocycles. The molecule has 0 aromatic carbocycles. The summed E-state index contributed by atoms with van der Waals surface area (Å²) in [6, 6.07) is 0. The zero-order valence-corrected chi connectivity index (χ0v) is 22.0. The van der Waals surface area contributed by atoms with Crippen LogP contribution < -0.4 is 0 Å². The molecule has 0 bridgehead atoms. The molecule has 4 aliphatic rings. The fourth-order valence-corrected chi connectivity index (χ4v) is 6.77. The van der Waals surface area contributed by atoms with Crippen LogP contribution in [0.4, 0.5) is 0 Å². The minimum absolute atomic E-state index is 0.146.